The summed E-state index contributed by atoms with van der Waals surface area (Å²) in [5, 5.41) is 20.1. The predicted octanol–water partition coefficient (Wildman–Crippen LogP) is 2.79. The first-order valence-corrected chi connectivity index (χ1v) is 7.02. The quantitative estimate of drug-likeness (QED) is 0.770. The van der Waals surface area contributed by atoms with Crippen LogP contribution in [0.4, 0.5) is 0 Å². The van der Waals surface area contributed by atoms with E-state index in [9.17, 15) is 5.11 Å². The number of aryl methyl sites for hydroxylation is 1. The van der Waals surface area contributed by atoms with Crippen LogP contribution in [-0.2, 0) is 12.0 Å². The molecule has 0 aliphatic heterocycles. The summed E-state index contributed by atoms with van der Waals surface area (Å²) in [6.45, 7) is 5.93. The zero-order valence-corrected chi connectivity index (χ0v) is 12.4. The van der Waals surface area contributed by atoms with E-state index in [1.807, 2.05) is 25.1 Å². The van der Waals surface area contributed by atoms with Gasteiger partial charge in [-0.1, -0.05) is 50.0 Å². The van der Waals surface area contributed by atoms with Crippen molar-refractivity contribution in [2.24, 2.45) is 5.41 Å². The number of allylic oxidation sites excluding steroid dienone is 1. The fourth-order valence-electron chi connectivity index (χ4n) is 2.70. The maximum atomic E-state index is 11.2. The van der Waals surface area contributed by atoms with Gasteiger partial charge in [0.05, 0.1) is 6.61 Å². The molecular weight excluding hydrogens is 248 g/mol. The Morgan fingerprint density at radius 3 is 2.75 bits per heavy atom. The van der Waals surface area contributed by atoms with Gasteiger partial charge in [-0.25, -0.2) is 0 Å². The lowest BCUT2D eigenvalue weighted by atomic mass is 9.63. The van der Waals surface area contributed by atoms with Crippen molar-refractivity contribution in [3.63, 3.8) is 0 Å². The van der Waals surface area contributed by atoms with E-state index in [1.165, 1.54) is 5.56 Å². The molecule has 1 aliphatic rings. The van der Waals surface area contributed by atoms with E-state index in [4.69, 9.17) is 5.11 Å². The number of aliphatic hydroxyl groups excluding tert-OH is 1. The highest BCUT2D eigenvalue weighted by Gasteiger charge is 2.47. The Morgan fingerprint density at radius 1 is 1.35 bits per heavy atom. The fourth-order valence-corrected chi connectivity index (χ4v) is 2.70. The number of aliphatic hydroxyl groups is 2. The molecule has 0 bridgehead atoms. The molecule has 0 amide bonds. The van der Waals surface area contributed by atoms with Gasteiger partial charge in [0.15, 0.2) is 5.60 Å². The molecule has 1 aromatic carbocycles. The van der Waals surface area contributed by atoms with Crippen LogP contribution in [0.3, 0.4) is 0 Å². The third-order valence-corrected chi connectivity index (χ3v) is 4.24. The molecule has 0 heterocycles. The molecule has 2 heteroatoms. The van der Waals surface area contributed by atoms with Crippen LogP contribution >= 0.6 is 0 Å². The maximum Gasteiger partial charge on any atom is 0.156 e. The Morgan fingerprint density at radius 2 is 2.05 bits per heavy atom. The molecule has 106 valence electrons. The highest BCUT2D eigenvalue weighted by atomic mass is 16.3. The molecule has 0 radical (unpaired) electrons. The molecular formula is C18H22O2. The molecule has 0 aromatic heterocycles. The summed E-state index contributed by atoms with van der Waals surface area (Å²) >= 11 is 0. The minimum atomic E-state index is -1.15. The summed E-state index contributed by atoms with van der Waals surface area (Å²) in [7, 11) is 0. The van der Waals surface area contributed by atoms with Crippen molar-refractivity contribution in [3.8, 4) is 11.8 Å². The lowest BCUT2D eigenvalue weighted by molar-refractivity contribution is -0.0337. The molecule has 1 aliphatic carbocycles. The molecule has 1 atom stereocenters. The first-order chi connectivity index (χ1) is 9.40. The number of hydrogen-bond acceptors (Lipinski definition) is 2. The summed E-state index contributed by atoms with van der Waals surface area (Å²) in [5.41, 5.74) is 1.42. The zero-order valence-electron chi connectivity index (χ0n) is 12.4. The van der Waals surface area contributed by atoms with Gasteiger partial charge in [0, 0.05) is 5.41 Å². The van der Waals surface area contributed by atoms with Crippen LogP contribution in [0, 0.1) is 17.3 Å². The van der Waals surface area contributed by atoms with Crippen molar-refractivity contribution in [2.45, 2.75) is 39.2 Å². The molecule has 1 aromatic rings. The molecule has 2 N–H and O–H groups in total. The highest BCUT2D eigenvalue weighted by molar-refractivity contribution is 5.45. The third kappa shape index (κ3) is 2.52. The molecule has 0 saturated heterocycles. The fraction of sp³-hybridized carbons (Fsp3) is 0.444. The number of benzene rings is 1. The Kier molecular flexibility index (Phi) is 4.04. The Hall–Kier alpha value is -1.56. The van der Waals surface area contributed by atoms with Gasteiger partial charge in [-0.05, 0) is 42.5 Å². The van der Waals surface area contributed by atoms with Gasteiger partial charge in [0.2, 0.25) is 0 Å². The van der Waals surface area contributed by atoms with E-state index >= 15 is 0 Å². The zero-order chi connectivity index (χ0) is 14.8. The molecule has 0 fully saturated rings. The van der Waals surface area contributed by atoms with Crippen LogP contribution in [0.5, 0.6) is 0 Å². The SMILES string of the molecule is C/C(C#CC1(O)c2ccccc2CCC1(C)C)=C/CO. The molecule has 20 heavy (non-hydrogen) atoms. The summed E-state index contributed by atoms with van der Waals surface area (Å²) in [6, 6.07) is 7.98. The standard InChI is InChI=1S/C18H22O2/c1-14(10-13-19)8-12-18(20)16-7-5-4-6-15(16)9-11-17(18,2)3/h4-7,10,19-20H,9,11,13H2,1-3H3/b14-10-. The third-order valence-electron chi connectivity index (χ3n) is 4.24. The first kappa shape index (κ1) is 14.8. The van der Waals surface area contributed by atoms with E-state index in [1.54, 1.807) is 6.08 Å². The van der Waals surface area contributed by atoms with Gasteiger partial charge in [-0.2, -0.15) is 0 Å². The van der Waals surface area contributed by atoms with Crippen LogP contribution in [0.2, 0.25) is 0 Å². The van der Waals surface area contributed by atoms with Gasteiger partial charge < -0.3 is 10.2 Å². The molecule has 0 saturated carbocycles. The lowest BCUT2D eigenvalue weighted by Gasteiger charge is -2.44. The average molecular weight is 270 g/mol. The second-order valence-electron chi connectivity index (χ2n) is 6.07. The number of fused-ring (bicyclic) bond motifs is 1. The van der Waals surface area contributed by atoms with Crippen molar-refractivity contribution in [1.29, 1.82) is 0 Å². The van der Waals surface area contributed by atoms with Crippen LogP contribution in [0.25, 0.3) is 0 Å². The topological polar surface area (TPSA) is 40.5 Å². The van der Waals surface area contributed by atoms with E-state index in [0.717, 1.165) is 24.0 Å². The highest BCUT2D eigenvalue weighted by Crippen LogP contribution is 2.47. The molecule has 1 unspecified atom stereocenters. The average Bonchev–Trinajstić information content (AvgIpc) is 2.42. The van der Waals surface area contributed by atoms with Crippen molar-refractivity contribution >= 4 is 0 Å². The maximum absolute atomic E-state index is 11.2. The van der Waals surface area contributed by atoms with Crippen LogP contribution in [0.1, 0.15) is 38.3 Å². The van der Waals surface area contributed by atoms with Gasteiger partial charge in [-0.3, -0.25) is 0 Å². The van der Waals surface area contributed by atoms with E-state index in [2.05, 4.69) is 31.8 Å². The Labute approximate surface area is 121 Å². The largest absolute Gasteiger partial charge is 0.392 e. The first-order valence-electron chi connectivity index (χ1n) is 7.02. The molecule has 0 spiro atoms. The summed E-state index contributed by atoms with van der Waals surface area (Å²) < 4.78 is 0. The van der Waals surface area contributed by atoms with Crippen LogP contribution in [0.15, 0.2) is 35.9 Å². The predicted molar refractivity (Wildman–Crippen MR) is 81.1 cm³/mol. The van der Waals surface area contributed by atoms with Crippen molar-refractivity contribution in [1.82, 2.24) is 0 Å². The molecule has 2 nitrogen and oxygen atoms in total. The second-order valence-corrected chi connectivity index (χ2v) is 6.07. The van der Waals surface area contributed by atoms with Gasteiger partial charge in [0.1, 0.15) is 0 Å². The molecule has 2 rings (SSSR count). The van der Waals surface area contributed by atoms with Gasteiger partial charge in [0.25, 0.3) is 0 Å². The van der Waals surface area contributed by atoms with E-state index < -0.39 is 5.60 Å². The van der Waals surface area contributed by atoms with E-state index in [0.29, 0.717) is 0 Å². The Bertz CT molecular complexity index is 587. The van der Waals surface area contributed by atoms with Crippen molar-refractivity contribution in [3.05, 3.63) is 47.0 Å². The minimum absolute atomic E-state index is 0.0288. The summed E-state index contributed by atoms with van der Waals surface area (Å²) in [6.07, 6.45) is 3.52. The Balaban J connectivity index is 2.53. The normalized spacial score (nSPS) is 24.6. The summed E-state index contributed by atoms with van der Waals surface area (Å²) in [4.78, 5) is 0. The lowest BCUT2D eigenvalue weighted by Crippen LogP contribution is -2.44. The number of hydrogen-bond donors (Lipinski definition) is 2. The minimum Gasteiger partial charge on any atom is -0.392 e. The van der Waals surface area contributed by atoms with Gasteiger partial charge >= 0.3 is 0 Å². The van der Waals surface area contributed by atoms with E-state index in [-0.39, 0.29) is 12.0 Å². The van der Waals surface area contributed by atoms with Crippen molar-refractivity contribution in [2.75, 3.05) is 6.61 Å². The van der Waals surface area contributed by atoms with Crippen LogP contribution in [-0.4, -0.2) is 16.8 Å². The second kappa shape index (κ2) is 5.44. The van der Waals surface area contributed by atoms with Crippen LogP contribution < -0.4 is 0 Å². The monoisotopic (exact) mass is 270 g/mol. The summed E-state index contributed by atoms with van der Waals surface area (Å²) in [5.74, 6) is 6.05. The van der Waals surface area contributed by atoms with Crippen molar-refractivity contribution < 1.29 is 10.2 Å². The number of rotatable bonds is 1. The smallest absolute Gasteiger partial charge is 0.156 e. The van der Waals surface area contributed by atoms with Gasteiger partial charge in [-0.15, -0.1) is 0 Å².